The van der Waals surface area contributed by atoms with E-state index in [1.807, 2.05) is 81.4 Å². The Kier molecular flexibility index (Phi) is 10.6. The summed E-state index contributed by atoms with van der Waals surface area (Å²) in [6, 6.07) is 29.0. The highest BCUT2D eigenvalue weighted by Crippen LogP contribution is 2.23. The van der Waals surface area contributed by atoms with Gasteiger partial charge < -0.3 is 20.7 Å². The summed E-state index contributed by atoms with van der Waals surface area (Å²) in [4.78, 5) is 39.6. The third-order valence-electron chi connectivity index (χ3n) is 6.26. The number of benzene rings is 4. The van der Waals surface area contributed by atoms with Crippen LogP contribution in [-0.4, -0.2) is 30.1 Å². The van der Waals surface area contributed by atoms with Crippen molar-refractivity contribution in [3.8, 4) is 5.75 Å². The minimum atomic E-state index is -0.471. The van der Waals surface area contributed by atoms with E-state index in [-0.39, 0.29) is 17.4 Å². The number of carbonyl (C=O) groups excluding carboxylic acids is 3. The number of amides is 3. The number of thioether (sulfide) groups is 1. The fourth-order valence-corrected chi connectivity index (χ4v) is 4.80. The largest absolute Gasteiger partial charge is 0.494 e. The molecule has 0 saturated heterocycles. The highest BCUT2D eigenvalue weighted by atomic mass is 32.2. The van der Waals surface area contributed by atoms with Crippen LogP contribution in [0.3, 0.4) is 0 Å². The minimum Gasteiger partial charge on any atom is -0.494 e. The molecule has 7 nitrogen and oxygen atoms in total. The molecule has 0 fully saturated rings. The highest BCUT2D eigenvalue weighted by Gasteiger charge is 2.15. The maximum absolute atomic E-state index is 13.3. The second-order valence-electron chi connectivity index (χ2n) is 9.46. The molecule has 0 aliphatic rings. The number of para-hydroxylation sites is 1. The van der Waals surface area contributed by atoms with Crippen molar-refractivity contribution in [3.05, 3.63) is 125 Å². The predicted octanol–water partition coefficient (Wildman–Crippen LogP) is 6.84. The van der Waals surface area contributed by atoms with Gasteiger partial charge in [0, 0.05) is 21.8 Å². The lowest BCUT2D eigenvalue weighted by molar-refractivity contribution is -0.114. The molecule has 4 aromatic carbocycles. The van der Waals surface area contributed by atoms with Crippen molar-refractivity contribution in [2.24, 2.45) is 0 Å². The molecule has 214 valence electrons. The van der Waals surface area contributed by atoms with Gasteiger partial charge in [0.25, 0.3) is 11.8 Å². The second-order valence-corrected chi connectivity index (χ2v) is 10.5. The smallest absolute Gasteiger partial charge is 0.272 e. The number of hydrogen-bond acceptors (Lipinski definition) is 5. The van der Waals surface area contributed by atoms with Gasteiger partial charge in [-0.25, -0.2) is 0 Å². The van der Waals surface area contributed by atoms with E-state index >= 15 is 0 Å². The van der Waals surface area contributed by atoms with Crippen LogP contribution in [0.4, 0.5) is 11.4 Å². The first-order chi connectivity index (χ1) is 20.3. The molecule has 0 aliphatic carbocycles. The van der Waals surface area contributed by atoms with Gasteiger partial charge in [0.15, 0.2) is 0 Å². The number of carbonyl (C=O) groups is 3. The molecule has 4 rings (SSSR count). The van der Waals surface area contributed by atoms with E-state index < -0.39 is 11.8 Å². The summed E-state index contributed by atoms with van der Waals surface area (Å²) < 4.78 is 5.50. The van der Waals surface area contributed by atoms with E-state index in [9.17, 15) is 14.4 Å². The molecule has 0 saturated carbocycles. The van der Waals surface area contributed by atoms with Gasteiger partial charge in [-0.15, -0.1) is 11.8 Å². The van der Waals surface area contributed by atoms with Crippen LogP contribution in [0.2, 0.25) is 0 Å². The molecule has 0 radical (unpaired) electrons. The summed E-state index contributed by atoms with van der Waals surface area (Å²) in [6.45, 7) is 6.39. The Morgan fingerprint density at radius 3 is 2.10 bits per heavy atom. The van der Waals surface area contributed by atoms with Gasteiger partial charge in [-0.2, -0.15) is 0 Å². The first-order valence-electron chi connectivity index (χ1n) is 13.5. The Bertz CT molecular complexity index is 1550. The molecular weight excluding hydrogens is 546 g/mol. The molecule has 8 heteroatoms. The first-order valence-corrected chi connectivity index (χ1v) is 14.5. The molecule has 3 N–H and O–H groups in total. The van der Waals surface area contributed by atoms with Crippen LogP contribution >= 0.6 is 11.8 Å². The van der Waals surface area contributed by atoms with Crippen LogP contribution in [0, 0.1) is 13.8 Å². The van der Waals surface area contributed by atoms with Crippen LogP contribution in [0.15, 0.2) is 108 Å². The lowest BCUT2D eigenvalue weighted by atomic mass is 10.1. The summed E-state index contributed by atoms with van der Waals surface area (Å²) in [5.74, 6) is 0.0121. The highest BCUT2D eigenvalue weighted by molar-refractivity contribution is 8.00. The van der Waals surface area contributed by atoms with Gasteiger partial charge in [-0.1, -0.05) is 48.5 Å². The summed E-state index contributed by atoms with van der Waals surface area (Å²) >= 11 is 1.40. The van der Waals surface area contributed by atoms with E-state index in [1.165, 1.54) is 11.8 Å². The molecule has 0 atom stereocenters. The van der Waals surface area contributed by atoms with Crippen LogP contribution in [0.1, 0.15) is 34.0 Å². The van der Waals surface area contributed by atoms with E-state index in [1.54, 1.807) is 42.5 Å². The maximum atomic E-state index is 13.3. The molecular formula is C34H33N3O4S. The predicted molar refractivity (Wildman–Crippen MR) is 170 cm³/mol. The Labute approximate surface area is 250 Å². The Hall–Kier alpha value is -4.82. The molecule has 0 bridgehead atoms. The molecule has 0 unspecified atom stereocenters. The summed E-state index contributed by atoms with van der Waals surface area (Å²) in [7, 11) is 0. The molecule has 3 amide bonds. The summed E-state index contributed by atoms with van der Waals surface area (Å²) in [6.07, 6.45) is 1.62. The number of anilines is 2. The number of ether oxygens (including phenoxy) is 1. The lowest BCUT2D eigenvalue weighted by Gasteiger charge is -2.12. The monoisotopic (exact) mass is 579 g/mol. The fourth-order valence-electron chi connectivity index (χ4n) is 4.10. The van der Waals surface area contributed by atoms with Crippen molar-refractivity contribution in [1.82, 2.24) is 5.32 Å². The number of rotatable bonds is 11. The van der Waals surface area contributed by atoms with Crippen molar-refractivity contribution in [3.63, 3.8) is 0 Å². The molecule has 42 heavy (non-hydrogen) atoms. The average Bonchev–Trinajstić information content (AvgIpc) is 3.00. The second kappa shape index (κ2) is 14.7. The zero-order valence-electron chi connectivity index (χ0n) is 23.8. The number of hydrogen-bond donors (Lipinski definition) is 3. The zero-order chi connectivity index (χ0) is 29.9. The van der Waals surface area contributed by atoms with Gasteiger partial charge >= 0.3 is 0 Å². The Morgan fingerprint density at radius 1 is 0.786 bits per heavy atom. The van der Waals surface area contributed by atoms with Crippen LogP contribution in [0.5, 0.6) is 5.75 Å². The van der Waals surface area contributed by atoms with Crippen LogP contribution < -0.4 is 20.7 Å². The van der Waals surface area contributed by atoms with Gasteiger partial charge in [-0.3, -0.25) is 14.4 Å². The van der Waals surface area contributed by atoms with Gasteiger partial charge in [0.05, 0.1) is 12.4 Å². The SMILES string of the molecule is CCOc1ccc(/C=C(\NC(=O)c2ccccc2)C(=O)Nc2ccc(SCC(=O)Nc3c(C)cccc3C)cc2)cc1. The van der Waals surface area contributed by atoms with E-state index in [2.05, 4.69) is 16.0 Å². The van der Waals surface area contributed by atoms with Crippen molar-refractivity contribution >= 4 is 46.9 Å². The average molecular weight is 580 g/mol. The Morgan fingerprint density at radius 2 is 1.45 bits per heavy atom. The van der Waals surface area contributed by atoms with Crippen molar-refractivity contribution in [2.45, 2.75) is 25.7 Å². The van der Waals surface area contributed by atoms with Crippen molar-refractivity contribution in [1.29, 1.82) is 0 Å². The third kappa shape index (κ3) is 8.59. The van der Waals surface area contributed by atoms with E-state index in [0.29, 0.717) is 17.9 Å². The quantitative estimate of drug-likeness (QED) is 0.134. The normalized spacial score (nSPS) is 11.0. The zero-order valence-corrected chi connectivity index (χ0v) is 24.6. The van der Waals surface area contributed by atoms with Crippen molar-refractivity contribution in [2.75, 3.05) is 23.0 Å². The van der Waals surface area contributed by atoms with Gasteiger partial charge in [0.1, 0.15) is 11.4 Å². The number of nitrogens with one attached hydrogen (secondary N) is 3. The van der Waals surface area contributed by atoms with Crippen molar-refractivity contribution < 1.29 is 19.1 Å². The minimum absolute atomic E-state index is 0.0898. The van der Waals surface area contributed by atoms with Crippen LogP contribution in [0.25, 0.3) is 6.08 Å². The van der Waals surface area contributed by atoms with E-state index in [0.717, 1.165) is 33.0 Å². The standard InChI is InChI=1S/C34H33N3O4S/c1-4-41-28-17-13-25(14-18-28)21-30(36-33(39)26-11-6-5-7-12-26)34(40)35-27-15-19-29(20-16-27)42-22-31(38)37-32-23(2)9-8-10-24(32)3/h5-21H,4,22H2,1-3H3,(H,35,40)(H,36,39)(H,37,38)/b30-21-. The molecule has 0 aliphatic heterocycles. The molecule has 0 spiro atoms. The molecule has 4 aromatic rings. The molecule has 0 heterocycles. The lowest BCUT2D eigenvalue weighted by Crippen LogP contribution is -2.30. The van der Waals surface area contributed by atoms with Gasteiger partial charge in [0.2, 0.25) is 5.91 Å². The number of aryl methyl sites for hydroxylation is 2. The third-order valence-corrected chi connectivity index (χ3v) is 7.27. The topological polar surface area (TPSA) is 96.5 Å². The summed E-state index contributed by atoms with van der Waals surface area (Å²) in [5, 5.41) is 8.59. The van der Waals surface area contributed by atoms with Crippen LogP contribution in [-0.2, 0) is 9.59 Å². The molecule has 0 aromatic heterocycles. The van der Waals surface area contributed by atoms with E-state index in [4.69, 9.17) is 4.74 Å². The first kappa shape index (κ1) is 30.1. The Balaban J connectivity index is 1.42. The fraction of sp³-hybridized carbons (Fsp3) is 0.147. The van der Waals surface area contributed by atoms with Gasteiger partial charge in [-0.05, 0) is 92.1 Å². The maximum Gasteiger partial charge on any atom is 0.272 e. The summed E-state index contributed by atoms with van der Waals surface area (Å²) in [5.41, 5.74) is 4.68.